The third-order valence-electron chi connectivity index (χ3n) is 4.01. The van der Waals surface area contributed by atoms with Gasteiger partial charge in [0, 0.05) is 12.1 Å². The van der Waals surface area contributed by atoms with Gasteiger partial charge in [0.05, 0.1) is 12.2 Å². The molecular weight excluding hydrogens is 202 g/mol. The van der Waals surface area contributed by atoms with Crippen molar-refractivity contribution in [1.82, 2.24) is 5.32 Å². The molecule has 0 aromatic heterocycles. The molecule has 0 saturated heterocycles. The van der Waals surface area contributed by atoms with Crippen LogP contribution in [0.15, 0.2) is 0 Å². The van der Waals surface area contributed by atoms with Gasteiger partial charge in [0.2, 0.25) is 0 Å². The summed E-state index contributed by atoms with van der Waals surface area (Å²) in [7, 11) is 0. The summed E-state index contributed by atoms with van der Waals surface area (Å²) in [6.07, 6.45) is 7.40. The number of aliphatic hydroxyl groups excluding tert-OH is 1. The van der Waals surface area contributed by atoms with Crippen LogP contribution in [0.3, 0.4) is 0 Å². The van der Waals surface area contributed by atoms with E-state index in [9.17, 15) is 10.2 Å². The number of β-amino-alcohol motifs (C(OH)–C–C–N with tert-alkyl or cyclic N) is 1. The lowest BCUT2D eigenvalue weighted by molar-refractivity contribution is 0.0132. The Hall–Kier alpha value is -0.120. The standard InChI is InChI=1S/C13H27NO2/c1-3-12(2,11-15)14-10-13(16)8-6-4-5-7-9-13/h14-16H,3-11H2,1-2H3. The first kappa shape index (κ1) is 13.9. The predicted molar refractivity (Wildman–Crippen MR) is 66.4 cm³/mol. The molecule has 0 bridgehead atoms. The smallest absolute Gasteiger partial charge is 0.0771 e. The van der Waals surface area contributed by atoms with Crippen molar-refractivity contribution in [1.29, 1.82) is 0 Å². The van der Waals surface area contributed by atoms with E-state index in [1.54, 1.807) is 0 Å². The van der Waals surface area contributed by atoms with Crippen molar-refractivity contribution < 1.29 is 10.2 Å². The van der Waals surface area contributed by atoms with E-state index in [0.717, 1.165) is 32.1 Å². The SMILES string of the molecule is CCC(C)(CO)NCC1(O)CCCCCC1. The zero-order valence-electron chi connectivity index (χ0n) is 10.8. The Bertz CT molecular complexity index is 194. The highest BCUT2D eigenvalue weighted by molar-refractivity contribution is 4.89. The molecule has 0 spiro atoms. The Morgan fingerprint density at radius 1 is 1.19 bits per heavy atom. The first-order valence-corrected chi connectivity index (χ1v) is 6.62. The van der Waals surface area contributed by atoms with Gasteiger partial charge in [0.25, 0.3) is 0 Å². The van der Waals surface area contributed by atoms with Crippen molar-refractivity contribution in [3.63, 3.8) is 0 Å². The zero-order valence-corrected chi connectivity index (χ0v) is 10.8. The summed E-state index contributed by atoms with van der Waals surface area (Å²) < 4.78 is 0. The molecule has 0 amide bonds. The van der Waals surface area contributed by atoms with Crippen molar-refractivity contribution in [2.45, 2.75) is 69.9 Å². The first-order valence-electron chi connectivity index (χ1n) is 6.62. The maximum atomic E-state index is 10.5. The minimum absolute atomic E-state index is 0.125. The van der Waals surface area contributed by atoms with Gasteiger partial charge in [-0.1, -0.05) is 32.6 Å². The average Bonchev–Trinajstić information content (AvgIpc) is 2.52. The van der Waals surface area contributed by atoms with Crippen LogP contribution in [0.25, 0.3) is 0 Å². The molecule has 1 rings (SSSR count). The molecule has 0 radical (unpaired) electrons. The summed E-state index contributed by atoms with van der Waals surface area (Å²) in [5.41, 5.74) is -0.801. The van der Waals surface area contributed by atoms with Crippen LogP contribution in [0.2, 0.25) is 0 Å². The predicted octanol–water partition coefficient (Wildman–Crippen LogP) is 1.82. The molecule has 0 aromatic rings. The molecule has 0 heterocycles. The highest BCUT2D eigenvalue weighted by Gasteiger charge is 2.30. The Balaban J connectivity index is 2.45. The van der Waals surface area contributed by atoms with Gasteiger partial charge >= 0.3 is 0 Å². The number of rotatable bonds is 5. The Kier molecular flexibility index (Phi) is 5.22. The zero-order chi connectivity index (χ0) is 12.1. The lowest BCUT2D eigenvalue weighted by atomic mass is 9.92. The van der Waals surface area contributed by atoms with E-state index < -0.39 is 5.60 Å². The van der Waals surface area contributed by atoms with Crippen LogP contribution in [0.4, 0.5) is 0 Å². The fraction of sp³-hybridized carbons (Fsp3) is 1.00. The first-order chi connectivity index (χ1) is 7.54. The van der Waals surface area contributed by atoms with E-state index in [4.69, 9.17) is 0 Å². The Morgan fingerprint density at radius 3 is 2.19 bits per heavy atom. The summed E-state index contributed by atoms with van der Waals surface area (Å²) >= 11 is 0. The summed E-state index contributed by atoms with van der Waals surface area (Å²) in [6.45, 7) is 4.80. The normalized spacial score (nSPS) is 24.8. The summed E-state index contributed by atoms with van der Waals surface area (Å²) in [6, 6.07) is 0. The number of nitrogens with one attached hydrogen (secondary N) is 1. The number of hydrogen-bond acceptors (Lipinski definition) is 3. The molecule has 3 heteroatoms. The van der Waals surface area contributed by atoms with Crippen molar-refractivity contribution >= 4 is 0 Å². The lowest BCUT2D eigenvalue weighted by Crippen LogP contribution is -2.52. The Labute approximate surface area is 99.3 Å². The van der Waals surface area contributed by atoms with Crippen molar-refractivity contribution in [2.75, 3.05) is 13.2 Å². The summed E-state index contributed by atoms with van der Waals surface area (Å²) in [4.78, 5) is 0. The monoisotopic (exact) mass is 229 g/mol. The maximum Gasteiger partial charge on any atom is 0.0771 e. The molecule has 1 atom stereocenters. The highest BCUT2D eigenvalue weighted by Crippen LogP contribution is 2.27. The van der Waals surface area contributed by atoms with Crippen molar-refractivity contribution in [3.05, 3.63) is 0 Å². The van der Waals surface area contributed by atoms with Crippen LogP contribution in [0, 0.1) is 0 Å². The second-order valence-electron chi connectivity index (χ2n) is 5.56. The third-order valence-corrected chi connectivity index (χ3v) is 4.01. The molecule has 1 fully saturated rings. The molecule has 96 valence electrons. The fourth-order valence-electron chi connectivity index (χ4n) is 2.23. The molecule has 0 aromatic carbocycles. The maximum absolute atomic E-state index is 10.5. The van der Waals surface area contributed by atoms with Crippen LogP contribution >= 0.6 is 0 Å². The van der Waals surface area contributed by atoms with E-state index in [1.807, 2.05) is 6.92 Å². The van der Waals surface area contributed by atoms with Crippen molar-refractivity contribution in [3.8, 4) is 0 Å². The van der Waals surface area contributed by atoms with Crippen LogP contribution in [0.1, 0.15) is 58.8 Å². The largest absolute Gasteiger partial charge is 0.394 e. The van der Waals surface area contributed by atoms with Crippen LogP contribution in [-0.2, 0) is 0 Å². The molecule has 1 aliphatic carbocycles. The van der Waals surface area contributed by atoms with Gasteiger partial charge in [-0.05, 0) is 26.2 Å². The fourth-order valence-corrected chi connectivity index (χ4v) is 2.23. The van der Waals surface area contributed by atoms with Gasteiger partial charge in [0.1, 0.15) is 0 Å². The molecule has 3 N–H and O–H groups in total. The molecule has 0 aliphatic heterocycles. The quantitative estimate of drug-likeness (QED) is 0.630. The van der Waals surface area contributed by atoms with Gasteiger partial charge in [0.15, 0.2) is 0 Å². The number of aliphatic hydroxyl groups is 2. The molecule has 1 aliphatic rings. The molecular formula is C13H27NO2. The van der Waals surface area contributed by atoms with Gasteiger partial charge in [-0.2, -0.15) is 0 Å². The van der Waals surface area contributed by atoms with E-state index in [0.29, 0.717) is 6.54 Å². The topological polar surface area (TPSA) is 52.5 Å². The minimum atomic E-state index is -0.553. The average molecular weight is 229 g/mol. The molecule has 16 heavy (non-hydrogen) atoms. The lowest BCUT2D eigenvalue weighted by Gasteiger charge is -2.34. The van der Waals surface area contributed by atoms with E-state index in [2.05, 4.69) is 12.2 Å². The number of hydrogen-bond donors (Lipinski definition) is 3. The van der Waals surface area contributed by atoms with Gasteiger partial charge < -0.3 is 15.5 Å². The van der Waals surface area contributed by atoms with Gasteiger partial charge in [-0.25, -0.2) is 0 Å². The van der Waals surface area contributed by atoms with Crippen LogP contribution in [0.5, 0.6) is 0 Å². The molecule has 3 nitrogen and oxygen atoms in total. The summed E-state index contributed by atoms with van der Waals surface area (Å²) in [5.74, 6) is 0. The van der Waals surface area contributed by atoms with Gasteiger partial charge in [-0.3, -0.25) is 0 Å². The minimum Gasteiger partial charge on any atom is -0.394 e. The highest BCUT2D eigenvalue weighted by atomic mass is 16.3. The van der Waals surface area contributed by atoms with Gasteiger partial charge in [-0.15, -0.1) is 0 Å². The van der Waals surface area contributed by atoms with E-state index in [1.165, 1.54) is 12.8 Å². The van der Waals surface area contributed by atoms with Crippen LogP contribution < -0.4 is 5.32 Å². The molecule has 1 saturated carbocycles. The molecule has 1 unspecified atom stereocenters. The van der Waals surface area contributed by atoms with Crippen LogP contribution in [-0.4, -0.2) is 34.5 Å². The second-order valence-corrected chi connectivity index (χ2v) is 5.56. The summed E-state index contributed by atoms with van der Waals surface area (Å²) in [5, 5.41) is 23.1. The van der Waals surface area contributed by atoms with Crippen molar-refractivity contribution in [2.24, 2.45) is 0 Å². The second kappa shape index (κ2) is 5.99. The third kappa shape index (κ3) is 4.04. The van der Waals surface area contributed by atoms with E-state index >= 15 is 0 Å². The Morgan fingerprint density at radius 2 is 1.75 bits per heavy atom. The van der Waals surface area contributed by atoms with E-state index in [-0.39, 0.29) is 12.1 Å².